The second-order valence-corrected chi connectivity index (χ2v) is 3.87. The lowest BCUT2D eigenvalue weighted by molar-refractivity contribution is -0.147. The van der Waals surface area contributed by atoms with E-state index >= 15 is 0 Å². The Morgan fingerprint density at radius 2 is 2.23 bits per heavy atom. The summed E-state index contributed by atoms with van der Waals surface area (Å²) >= 11 is 0. The van der Waals surface area contributed by atoms with E-state index in [1.807, 2.05) is 6.92 Å². The minimum absolute atomic E-state index is 0.0208. The third kappa shape index (κ3) is 1.56. The highest BCUT2D eigenvalue weighted by Crippen LogP contribution is 2.24. The normalized spacial score (nSPS) is 34.8. The highest BCUT2D eigenvalue weighted by molar-refractivity contribution is 5.80. The maximum absolute atomic E-state index is 11.7. The molecule has 2 atom stereocenters. The standard InChI is InChI=1S/C9H15NO3/c1-6-8(2-3-13-6)9(12)10-4-7(11)5-10/h6-8,11H,2-5H2,1H3. The molecule has 2 unspecified atom stereocenters. The van der Waals surface area contributed by atoms with Crippen LogP contribution in [-0.4, -0.2) is 47.8 Å². The number of carbonyl (C=O) groups is 1. The number of aliphatic hydroxyl groups is 1. The Balaban J connectivity index is 1.89. The first-order valence-corrected chi connectivity index (χ1v) is 4.77. The summed E-state index contributed by atoms with van der Waals surface area (Å²) in [5, 5.41) is 9.05. The maximum Gasteiger partial charge on any atom is 0.228 e. The van der Waals surface area contributed by atoms with Gasteiger partial charge >= 0.3 is 0 Å². The van der Waals surface area contributed by atoms with Crippen LogP contribution < -0.4 is 0 Å². The number of β-amino-alcohol motifs (C(OH)–C–C–N with tert-alkyl or cyclic N) is 1. The first-order chi connectivity index (χ1) is 6.18. The van der Waals surface area contributed by atoms with Crippen LogP contribution in [0.3, 0.4) is 0 Å². The summed E-state index contributed by atoms with van der Waals surface area (Å²) in [6.45, 7) is 3.63. The van der Waals surface area contributed by atoms with Gasteiger partial charge in [-0.15, -0.1) is 0 Å². The molecule has 2 aliphatic rings. The molecule has 0 spiro atoms. The fraction of sp³-hybridized carbons (Fsp3) is 0.889. The lowest BCUT2D eigenvalue weighted by atomic mass is 9.98. The molecule has 2 aliphatic heterocycles. The van der Waals surface area contributed by atoms with Gasteiger partial charge < -0.3 is 14.7 Å². The van der Waals surface area contributed by atoms with Crippen molar-refractivity contribution in [1.29, 1.82) is 0 Å². The van der Waals surface area contributed by atoms with E-state index in [-0.39, 0.29) is 24.0 Å². The summed E-state index contributed by atoms with van der Waals surface area (Å²) in [4.78, 5) is 13.4. The van der Waals surface area contributed by atoms with Crippen molar-refractivity contribution in [3.8, 4) is 0 Å². The van der Waals surface area contributed by atoms with Crippen LogP contribution in [0.15, 0.2) is 0 Å². The van der Waals surface area contributed by atoms with Gasteiger partial charge in [-0.25, -0.2) is 0 Å². The molecule has 74 valence electrons. The molecule has 1 N–H and O–H groups in total. The van der Waals surface area contributed by atoms with Gasteiger partial charge in [-0.1, -0.05) is 0 Å². The van der Waals surface area contributed by atoms with Crippen molar-refractivity contribution in [1.82, 2.24) is 4.90 Å². The van der Waals surface area contributed by atoms with E-state index in [1.54, 1.807) is 4.90 Å². The Kier molecular flexibility index (Phi) is 2.26. The third-order valence-electron chi connectivity index (χ3n) is 2.87. The largest absolute Gasteiger partial charge is 0.389 e. The second kappa shape index (κ2) is 3.27. The molecule has 0 aromatic carbocycles. The number of rotatable bonds is 1. The number of aliphatic hydroxyl groups excluding tert-OH is 1. The predicted octanol–water partition coefficient (Wildman–Crippen LogP) is -0.385. The second-order valence-electron chi connectivity index (χ2n) is 3.87. The first-order valence-electron chi connectivity index (χ1n) is 4.77. The van der Waals surface area contributed by atoms with Crippen LogP contribution in [0.2, 0.25) is 0 Å². The van der Waals surface area contributed by atoms with E-state index in [4.69, 9.17) is 9.84 Å². The maximum atomic E-state index is 11.7. The van der Waals surface area contributed by atoms with Crippen molar-refractivity contribution < 1.29 is 14.6 Å². The van der Waals surface area contributed by atoms with Crippen LogP contribution in [0, 0.1) is 5.92 Å². The van der Waals surface area contributed by atoms with Crippen LogP contribution in [0.25, 0.3) is 0 Å². The molecular formula is C9H15NO3. The Labute approximate surface area is 77.5 Å². The van der Waals surface area contributed by atoms with Crippen LogP contribution in [0.1, 0.15) is 13.3 Å². The quantitative estimate of drug-likeness (QED) is 0.605. The number of amides is 1. The minimum Gasteiger partial charge on any atom is -0.389 e. The van der Waals surface area contributed by atoms with Gasteiger partial charge in [-0.2, -0.15) is 0 Å². The van der Waals surface area contributed by atoms with Crippen molar-refractivity contribution in [2.24, 2.45) is 5.92 Å². The van der Waals surface area contributed by atoms with E-state index in [9.17, 15) is 4.79 Å². The van der Waals surface area contributed by atoms with Gasteiger partial charge in [0.2, 0.25) is 5.91 Å². The number of nitrogens with zero attached hydrogens (tertiary/aromatic N) is 1. The average Bonchev–Trinajstić information content (AvgIpc) is 2.44. The zero-order valence-electron chi connectivity index (χ0n) is 7.77. The molecule has 13 heavy (non-hydrogen) atoms. The molecule has 2 saturated heterocycles. The van der Waals surface area contributed by atoms with Crippen molar-refractivity contribution >= 4 is 5.91 Å². The van der Waals surface area contributed by atoms with Gasteiger partial charge in [0.25, 0.3) is 0 Å². The first kappa shape index (κ1) is 8.97. The zero-order chi connectivity index (χ0) is 9.42. The highest BCUT2D eigenvalue weighted by atomic mass is 16.5. The SMILES string of the molecule is CC1OCCC1C(=O)N1CC(O)C1. The Morgan fingerprint density at radius 1 is 1.54 bits per heavy atom. The molecule has 4 heteroatoms. The molecule has 2 fully saturated rings. The average molecular weight is 185 g/mol. The van der Waals surface area contributed by atoms with Gasteiger partial charge in [0.15, 0.2) is 0 Å². The van der Waals surface area contributed by atoms with E-state index < -0.39 is 0 Å². The van der Waals surface area contributed by atoms with Crippen LogP contribution in [0.5, 0.6) is 0 Å². The van der Waals surface area contributed by atoms with Gasteiger partial charge in [0, 0.05) is 19.7 Å². The lowest BCUT2D eigenvalue weighted by Gasteiger charge is -2.37. The predicted molar refractivity (Wildman–Crippen MR) is 46.1 cm³/mol. The molecule has 1 amide bonds. The van der Waals surface area contributed by atoms with Gasteiger partial charge in [-0.05, 0) is 13.3 Å². The molecule has 0 aromatic heterocycles. The number of likely N-dealkylation sites (tertiary alicyclic amines) is 1. The number of ether oxygens (including phenoxy) is 1. The van der Waals surface area contributed by atoms with Gasteiger partial charge in [-0.3, -0.25) is 4.79 Å². The summed E-state index contributed by atoms with van der Waals surface area (Å²) < 4.78 is 5.32. The van der Waals surface area contributed by atoms with E-state index in [0.29, 0.717) is 19.7 Å². The fourth-order valence-electron chi connectivity index (χ4n) is 1.93. The molecule has 2 heterocycles. The summed E-state index contributed by atoms with van der Waals surface area (Å²) in [5.41, 5.74) is 0. The molecule has 0 saturated carbocycles. The van der Waals surface area contributed by atoms with Gasteiger partial charge in [0.05, 0.1) is 18.1 Å². The molecule has 2 rings (SSSR count). The Morgan fingerprint density at radius 3 is 2.69 bits per heavy atom. The molecule has 0 aliphatic carbocycles. The Bertz CT molecular complexity index is 213. The van der Waals surface area contributed by atoms with Crippen LogP contribution >= 0.6 is 0 Å². The monoisotopic (exact) mass is 185 g/mol. The van der Waals surface area contributed by atoms with Crippen LogP contribution in [0.4, 0.5) is 0 Å². The fourth-order valence-corrected chi connectivity index (χ4v) is 1.93. The summed E-state index contributed by atoms with van der Waals surface area (Å²) in [6.07, 6.45) is 0.568. The smallest absolute Gasteiger partial charge is 0.228 e. The molecule has 0 bridgehead atoms. The summed E-state index contributed by atoms with van der Waals surface area (Å²) in [7, 11) is 0. The Hall–Kier alpha value is -0.610. The van der Waals surface area contributed by atoms with E-state index in [1.165, 1.54) is 0 Å². The molecule has 0 radical (unpaired) electrons. The van der Waals surface area contributed by atoms with E-state index in [2.05, 4.69) is 0 Å². The number of carbonyl (C=O) groups excluding carboxylic acids is 1. The van der Waals surface area contributed by atoms with Crippen molar-refractivity contribution in [3.63, 3.8) is 0 Å². The summed E-state index contributed by atoms with van der Waals surface area (Å²) in [6, 6.07) is 0. The molecular weight excluding hydrogens is 170 g/mol. The van der Waals surface area contributed by atoms with Crippen LogP contribution in [-0.2, 0) is 9.53 Å². The summed E-state index contributed by atoms with van der Waals surface area (Å²) in [5.74, 6) is 0.169. The lowest BCUT2D eigenvalue weighted by Crippen LogP contribution is -2.55. The van der Waals surface area contributed by atoms with Crippen molar-refractivity contribution in [3.05, 3.63) is 0 Å². The topological polar surface area (TPSA) is 49.8 Å². The third-order valence-corrected chi connectivity index (χ3v) is 2.87. The minimum atomic E-state index is -0.304. The van der Waals surface area contributed by atoms with Crippen molar-refractivity contribution in [2.45, 2.75) is 25.6 Å². The molecule has 4 nitrogen and oxygen atoms in total. The number of hydrogen-bond donors (Lipinski definition) is 1. The number of hydrogen-bond acceptors (Lipinski definition) is 3. The molecule has 0 aromatic rings. The zero-order valence-corrected chi connectivity index (χ0v) is 7.77. The highest BCUT2D eigenvalue weighted by Gasteiger charge is 2.38. The van der Waals surface area contributed by atoms with Gasteiger partial charge in [0.1, 0.15) is 0 Å². The van der Waals surface area contributed by atoms with Crippen molar-refractivity contribution in [2.75, 3.05) is 19.7 Å². The van der Waals surface area contributed by atoms with E-state index in [0.717, 1.165) is 6.42 Å².